The average Bonchev–Trinajstić information content (AvgIpc) is 2.35. The first-order valence-electron chi connectivity index (χ1n) is 5.81. The summed E-state index contributed by atoms with van der Waals surface area (Å²) in [5, 5.41) is 8.91. The van der Waals surface area contributed by atoms with E-state index in [2.05, 4.69) is 6.58 Å². The minimum Gasteiger partial charge on any atom is -0.481 e. The maximum absolute atomic E-state index is 11.5. The molecule has 0 aromatic rings. The van der Waals surface area contributed by atoms with E-state index in [1.807, 2.05) is 0 Å². The van der Waals surface area contributed by atoms with Gasteiger partial charge in [0.15, 0.2) is 0 Å². The van der Waals surface area contributed by atoms with Crippen LogP contribution in [-0.2, 0) is 9.53 Å². The molecular weight excluding hydrogens is 222 g/mol. The number of hydrogen-bond acceptors (Lipinski definition) is 3. The Hall–Kier alpha value is -1.52. The standard InChI is InChI=1S/C12H19NO4/c1-3-8-17-12(16)13-6-4-10(5-7-13)9(2)11(14)15/h3,9-10H,1,4-8H2,2H3,(H,14,15). The van der Waals surface area contributed by atoms with Gasteiger partial charge < -0.3 is 14.7 Å². The Balaban J connectivity index is 2.37. The van der Waals surface area contributed by atoms with Gasteiger partial charge in [-0.3, -0.25) is 4.79 Å². The van der Waals surface area contributed by atoms with Crippen molar-refractivity contribution in [2.24, 2.45) is 11.8 Å². The molecule has 1 amide bonds. The van der Waals surface area contributed by atoms with Crippen LogP contribution in [0.3, 0.4) is 0 Å². The smallest absolute Gasteiger partial charge is 0.410 e. The summed E-state index contributed by atoms with van der Waals surface area (Å²) in [6.45, 7) is 6.54. The van der Waals surface area contributed by atoms with Crippen LogP contribution < -0.4 is 0 Å². The lowest BCUT2D eigenvalue weighted by molar-refractivity contribution is -0.143. The Bertz CT molecular complexity index is 295. The monoisotopic (exact) mass is 241 g/mol. The van der Waals surface area contributed by atoms with Crippen LogP contribution in [-0.4, -0.2) is 41.8 Å². The Kier molecular flexibility index (Phi) is 5.00. The first-order chi connectivity index (χ1) is 8.06. The summed E-state index contributed by atoms with van der Waals surface area (Å²) in [5.41, 5.74) is 0. The van der Waals surface area contributed by atoms with Crippen LogP contribution in [0.25, 0.3) is 0 Å². The number of hydrogen-bond donors (Lipinski definition) is 1. The third kappa shape index (κ3) is 3.76. The van der Waals surface area contributed by atoms with Gasteiger partial charge in [0.2, 0.25) is 0 Å². The van der Waals surface area contributed by atoms with Crippen LogP contribution in [0, 0.1) is 11.8 Å². The lowest BCUT2D eigenvalue weighted by Gasteiger charge is -2.32. The fourth-order valence-electron chi connectivity index (χ4n) is 2.01. The number of carboxylic acids is 1. The topological polar surface area (TPSA) is 66.8 Å². The fourth-order valence-corrected chi connectivity index (χ4v) is 2.01. The number of carbonyl (C=O) groups excluding carboxylic acids is 1. The van der Waals surface area contributed by atoms with E-state index in [-0.39, 0.29) is 24.5 Å². The van der Waals surface area contributed by atoms with Crippen molar-refractivity contribution >= 4 is 12.1 Å². The molecule has 0 aromatic heterocycles. The second-order valence-electron chi connectivity index (χ2n) is 4.32. The molecular formula is C12H19NO4. The van der Waals surface area contributed by atoms with Gasteiger partial charge in [-0.2, -0.15) is 0 Å². The molecule has 17 heavy (non-hydrogen) atoms. The molecule has 5 heteroatoms. The van der Waals surface area contributed by atoms with E-state index in [0.717, 1.165) is 12.8 Å². The van der Waals surface area contributed by atoms with Gasteiger partial charge in [0, 0.05) is 13.1 Å². The van der Waals surface area contributed by atoms with Gasteiger partial charge >= 0.3 is 12.1 Å². The molecule has 1 atom stereocenters. The maximum atomic E-state index is 11.5. The van der Waals surface area contributed by atoms with Crippen molar-refractivity contribution in [3.63, 3.8) is 0 Å². The SMILES string of the molecule is C=CCOC(=O)N1CCC(C(C)C(=O)O)CC1. The van der Waals surface area contributed by atoms with Crippen LogP contribution in [0.2, 0.25) is 0 Å². The first-order valence-corrected chi connectivity index (χ1v) is 5.81. The van der Waals surface area contributed by atoms with E-state index in [4.69, 9.17) is 9.84 Å². The molecule has 0 bridgehead atoms. The van der Waals surface area contributed by atoms with Gasteiger partial charge in [-0.15, -0.1) is 0 Å². The Morgan fingerprint density at radius 1 is 1.53 bits per heavy atom. The van der Waals surface area contributed by atoms with Gasteiger partial charge in [-0.05, 0) is 18.8 Å². The molecule has 0 spiro atoms. The van der Waals surface area contributed by atoms with Crippen molar-refractivity contribution in [3.05, 3.63) is 12.7 Å². The fraction of sp³-hybridized carbons (Fsp3) is 0.667. The number of likely N-dealkylation sites (tertiary alicyclic amines) is 1. The van der Waals surface area contributed by atoms with Crippen LogP contribution >= 0.6 is 0 Å². The number of nitrogens with zero attached hydrogens (tertiary/aromatic N) is 1. The summed E-state index contributed by atoms with van der Waals surface area (Å²) in [7, 11) is 0. The third-order valence-corrected chi connectivity index (χ3v) is 3.22. The van der Waals surface area contributed by atoms with Gasteiger partial charge in [0.05, 0.1) is 5.92 Å². The lowest BCUT2D eigenvalue weighted by Crippen LogP contribution is -2.41. The molecule has 1 fully saturated rings. The number of carbonyl (C=O) groups is 2. The third-order valence-electron chi connectivity index (χ3n) is 3.22. The van der Waals surface area contributed by atoms with Crippen molar-refractivity contribution < 1.29 is 19.4 Å². The zero-order valence-corrected chi connectivity index (χ0v) is 10.1. The minimum absolute atomic E-state index is 0.149. The summed E-state index contributed by atoms with van der Waals surface area (Å²) in [6, 6.07) is 0. The molecule has 0 aromatic carbocycles. The number of amides is 1. The van der Waals surface area contributed by atoms with Gasteiger partial charge in [0.1, 0.15) is 6.61 Å². The zero-order chi connectivity index (χ0) is 12.8. The van der Waals surface area contributed by atoms with Crippen molar-refractivity contribution in [1.82, 2.24) is 4.90 Å². The number of carboxylic acid groups (broad SMARTS) is 1. The van der Waals surface area contributed by atoms with E-state index >= 15 is 0 Å². The highest BCUT2D eigenvalue weighted by atomic mass is 16.6. The highest BCUT2D eigenvalue weighted by Gasteiger charge is 2.29. The second-order valence-corrected chi connectivity index (χ2v) is 4.32. The molecule has 1 N–H and O–H groups in total. The summed E-state index contributed by atoms with van der Waals surface area (Å²) >= 11 is 0. The number of ether oxygens (including phenoxy) is 1. The van der Waals surface area contributed by atoms with E-state index in [1.165, 1.54) is 6.08 Å². The average molecular weight is 241 g/mol. The predicted octanol–water partition coefficient (Wildman–Crippen LogP) is 1.74. The Morgan fingerprint density at radius 3 is 2.59 bits per heavy atom. The van der Waals surface area contributed by atoms with Crippen LogP contribution in [0.15, 0.2) is 12.7 Å². The summed E-state index contributed by atoms with van der Waals surface area (Å²) in [6.07, 6.45) is 2.62. The van der Waals surface area contributed by atoms with Crippen molar-refractivity contribution in [2.45, 2.75) is 19.8 Å². The second kappa shape index (κ2) is 6.27. The van der Waals surface area contributed by atoms with E-state index < -0.39 is 5.97 Å². The highest BCUT2D eigenvalue weighted by molar-refractivity contribution is 5.70. The largest absolute Gasteiger partial charge is 0.481 e. The van der Waals surface area contributed by atoms with E-state index in [0.29, 0.717) is 13.1 Å². The first kappa shape index (κ1) is 13.5. The lowest BCUT2D eigenvalue weighted by atomic mass is 9.85. The summed E-state index contributed by atoms with van der Waals surface area (Å²) in [5.74, 6) is -0.963. The quantitative estimate of drug-likeness (QED) is 0.761. The van der Waals surface area contributed by atoms with Gasteiger partial charge in [-0.25, -0.2) is 4.79 Å². The minimum atomic E-state index is -0.766. The van der Waals surface area contributed by atoms with Crippen LogP contribution in [0.1, 0.15) is 19.8 Å². The number of rotatable bonds is 4. The summed E-state index contributed by atoms with van der Waals surface area (Å²) < 4.78 is 4.93. The normalized spacial score (nSPS) is 18.5. The van der Waals surface area contributed by atoms with Crippen LogP contribution in [0.5, 0.6) is 0 Å². The van der Waals surface area contributed by atoms with Crippen LogP contribution in [0.4, 0.5) is 4.79 Å². The molecule has 1 heterocycles. The molecule has 0 aliphatic carbocycles. The van der Waals surface area contributed by atoms with Crippen molar-refractivity contribution in [3.8, 4) is 0 Å². The predicted molar refractivity (Wildman–Crippen MR) is 62.6 cm³/mol. The molecule has 5 nitrogen and oxygen atoms in total. The molecule has 0 saturated carbocycles. The molecule has 0 radical (unpaired) electrons. The molecule has 96 valence electrons. The van der Waals surface area contributed by atoms with E-state index in [1.54, 1.807) is 11.8 Å². The molecule has 1 aliphatic rings. The molecule has 1 saturated heterocycles. The highest BCUT2D eigenvalue weighted by Crippen LogP contribution is 2.25. The van der Waals surface area contributed by atoms with Crippen molar-refractivity contribution in [2.75, 3.05) is 19.7 Å². The number of piperidine rings is 1. The zero-order valence-electron chi connectivity index (χ0n) is 10.1. The Labute approximate surface area is 101 Å². The molecule has 1 aliphatic heterocycles. The summed E-state index contributed by atoms with van der Waals surface area (Å²) in [4.78, 5) is 24.0. The molecule has 1 rings (SSSR count). The maximum Gasteiger partial charge on any atom is 0.410 e. The van der Waals surface area contributed by atoms with Crippen molar-refractivity contribution in [1.29, 1.82) is 0 Å². The van der Waals surface area contributed by atoms with Gasteiger partial charge in [0.25, 0.3) is 0 Å². The number of aliphatic carboxylic acids is 1. The van der Waals surface area contributed by atoms with E-state index in [9.17, 15) is 9.59 Å². The molecule has 1 unspecified atom stereocenters. The Morgan fingerprint density at radius 2 is 2.12 bits per heavy atom. The van der Waals surface area contributed by atoms with Gasteiger partial charge in [-0.1, -0.05) is 19.6 Å².